The van der Waals surface area contributed by atoms with Gasteiger partial charge < -0.3 is 23.7 Å². The van der Waals surface area contributed by atoms with Crippen LogP contribution in [0.4, 0.5) is 0 Å². The van der Waals surface area contributed by atoms with Gasteiger partial charge in [-0.15, -0.1) is 0 Å². The Balaban J connectivity index is -0.000000200. The van der Waals surface area contributed by atoms with Crippen LogP contribution in [0.3, 0.4) is 0 Å². The van der Waals surface area contributed by atoms with Gasteiger partial charge in [-0.1, -0.05) is 39.3 Å². The summed E-state index contributed by atoms with van der Waals surface area (Å²) in [5.41, 5.74) is -1.75. The largest absolute Gasteiger partial charge is 0.466 e. The molecule has 0 heterocycles. The third kappa shape index (κ3) is 49.3. The van der Waals surface area contributed by atoms with Gasteiger partial charge in [0.2, 0.25) is 0 Å². The molecule has 0 aromatic carbocycles. The van der Waals surface area contributed by atoms with Crippen LogP contribution in [0.1, 0.15) is 175 Å². The lowest BCUT2D eigenvalue weighted by Gasteiger charge is -2.22. The molecule has 0 radical (unpaired) electrons. The fourth-order valence-corrected chi connectivity index (χ4v) is 9.17. The van der Waals surface area contributed by atoms with E-state index in [0.29, 0.717) is 33.0 Å². The highest BCUT2D eigenvalue weighted by Gasteiger charge is 2.31. The molecule has 70 heavy (non-hydrogen) atoms. The van der Waals surface area contributed by atoms with Crippen LogP contribution in [-0.4, -0.2) is 125 Å². The number of thiol groups is 3. The zero-order valence-electron chi connectivity index (χ0n) is 45.8. The van der Waals surface area contributed by atoms with E-state index in [1.54, 1.807) is 0 Å². The number of carbonyl (C=O) groups excluding carboxylic acids is 5. The summed E-state index contributed by atoms with van der Waals surface area (Å²) in [5, 5.41) is 1.88. The van der Waals surface area contributed by atoms with Crippen molar-refractivity contribution in [3.63, 3.8) is 0 Å². The van der Waals surface area contributed by atoms with Crippen molar-refractivity contribution in [3.8, 4) is 0 Å². The first kappa shape index (κ1) is 81.8. The Bertz CT molecular complexity index is 1200. The van der Waals surface area contributed by atoms with E-state index in [9.17, 15) is 24.0 Å². The third-order valence-electron chi connectivity index (χ3n) is 9.99. The second-order valence-electron chi connectivity index (χ2n) is 18.9. The maximum atomic E-state index is 11.8. The normalized spacial score (nSPS) is 11.3. The number of thioether (sulfide) groups is 3. The summed E-state index contributed by atoms with van der Waals surface area (Å²) in [6, 6.07) is 0. The Morgan fingerprint density at radius 1 is 0.357 bits per heavy atom. The van der Waals surface area contributed by atoms with Gasteiger partial charge in [0, 0.05) is 27.9 Å². The minimum atomic E-state index is -0.378. The van der Waals surface area contributed by atoms with Crippen LogP contribution in [0.2, 0.25) is 0 Å². The molecule has 0 N–H and O–H groups in total. The fourth-order valence-electron chi connectivity index (χ4n) is 5.50. The first-order valence-corrected chi connectivity index (χ1v) is 32.4. The van der Waals surface area contributed by atoms with Crippen molar-refractivity contribution in [1.29, 1.82) is 0 Å². The van der Waals surface area contributed by atoms with Crippen molar-refractivity contribution in [3.05, 3.63) is 0 Å². The maximum absolute atomic E-state index is 11.8. The molecule has 0 aliphatic heterocycles. The molecule has 422 valence electrons. The minimum absolute atomic E-state index is 0. The number of hydrogen-bond donors (Lipinski definition) is 3. The maximum Gasteiger partial charge on any atom is 0.311 e. The summed E-state index contributed by atoms with van der Waals surface area (Å²) in [5.74, 6) is 8.85. The van der Waals surface area contributed by atoms with Gasteiger partial charge in [0.15, 0.2) is 0 Å². The first-order chi connectivity index (χ1) is 32.2. The molecule has 0 unspecified atom stereocenters. The molecule has 0 aliphatic rings. The third-order valence-corrected chi connectivity index (χ3v) is 15.9. The van der Waals surface area contributed by atoms with E-state index in [2.05, 4.69) is 69.7 Å². The molecule has 0 saturated carbocycles. The molecule has 0 saturated heterocycles. The van der Waals surface area contributed by atoms with Gasteiger partial charge in [-0.25, -0.2) is 0 Å². The molecule has 0 aromatic rings. The number of carbonyl (C=O) groups is 5. The average Bonchev–Trinajstić information content (AvgIpc) is 3.29. The van der Waals surface area contributed by atoms with E-state index in [1.807, 2.05) is 139 Å². The second-order valence-corrected chi connectivity index (χ2v) is 25.5. The van der Waals surface area contributed by atoms with Crippen LogP contribution in [0.25, 0.3) is 0 Å². The van der Waals surface area contributed by atoms with Gasteiger partial charge in [0.25, 0.3) is 0 Å². The van der Waals surface area contributed by atoms with Gasteiger partial charge in [-0.3, -0.25) is 24.0 Å². The van der Waals surface area contributed by atoms with E-state index < -0.39 is 0 Å². The quantitative estimate of drug-likeness (QED) is 0.0186. The van der Waals surface area contributed by atoms with Crippen molar-refractivity contribution in [2.75, 3.05) is 95.5 Å². The van der Waals surface area contributed by atoms with Crippen molar-refractivity contribution < 1.29 is 47.7 Å². The standard InChI is InChI=1S/C20H38O4S2.C11H22O2S2.2C9H17BrO2.C2H6S2.CH4/c1-7-23-17(21)19(3,4)11-9-13-25-15-16-26-14-10-12-20(5,6)18(22)24-8-2;1-4-13-10(12)11(2,3)6-5-8-15-9-7-14;2*1-4-12-8(11)9(2,3)6-5-7-10;3-1-2-4;/h7-16H2,1-6H3;14H,4-9H2,1-3H3;2*4-7H2,1-3H3;3-4H,1-2H2;1H4. The highest BCUT2D eigenvalue weighted by atomic mass is 79.9. The topological polar surface area (TPSA) is 132 Å². The van der Waals surface area contributed by atoms with Gasteiger partial charge in [0.05, 0.1) is 60.1 Å². The molecule has 18 heteroatoms. The lowest BCUT2D eigenvalue weighted by atomic mass is 9.88. The summed E-state index contributed by atoms with van der Waals surface area (Å²) in [4.78, 5) is 57.8. The molecule has 0 spiro atoms. The summed E-state index contributed by atoms with van der Waals surface area (Å²) in [6.07, 6.45) is 9.52. The zero-order chi connectivity index (χ0) is 54.4. The number of rotatable bonds is 34. The lowest BCUT2D eigenvalue weighted by molar-refractivity contribution is -0.154. The smallest absolute Gasteiger partial charge is 0.311 e. The summed E-state index contributed by atoms with van der Waals surface area (Å²) in [6.45, 7) is 31.0. The zero-order valence-corrected chi connectivity index (χ0v) is 54.1. The average molecular weight is 1240 g/mol. The van der Waals surface area contributed by atoms with Gasteiger partial charge in [-0.05, 0) is 203 Å². The van der Waals surface area contributed by atoms with E-state index in [1.165, 1.54) is 0 Å². The van der Waals surface area contributed by atoms with Crippen molar-refractivity contribution in [2.45, 2.75) is 175 Å². The number of esters is 5. The number of halogens is 2. The Morgan fingerprint density at radius 2 is 0.557 bits per heavy atom. The van der Waals surface area contributed by atoms with Gasteiger partial charge in [0.1, 0.15) is 0 Å². The molecule has 0 aliphatic carbocycles. The van der Waals surface area contributed by atoms with E-state index >= 15 is 0 Å². The SMILES string of the molecule is C.CCOC(=O)C(C)(C)CCCBr.CCOC(=O)C(C)(C)CCCBr.CCOC(=O)C(C)(C)CCCSCCS.CCOC(=O)C(C)(C)CCCSCCSCCCC(C)(C)C(=O)OCC.SCCS. The molecule has 10 nitrogen and oxygen atoms in total. The Morgan fingerprint density at radius 3 is 0.729 bits per heavy atom. The molecular formula is C52H104Br2O10S6. The van der Waals surface area contributed by atoms with Crippen LogP contribution in [0.15, 0.2) is 0 Å². The predicted molar refractivity (Wildman–Crippen MR) is 326 cm³/mol. The van der Waals surface area contributed by atoms with Gasteiger partial charge >= 0.3 is 29.8 Å². The Kier molecular flexibility index (Phi) is 60.2. The summed E-state index contributed by atoms with van der Waals surface area (Å²) in [7, 11) is 0. The van der Waals surface area contributed by atoms with Crippen LogP contribution < -0.4 is 0 Å². The predicted octanol–water partition coefficient (Wildman–Crippen LogP) is 15.2. The van der Waals surface area contributed by atoms with Gasteiger partial charge in [-0.2, -0.15) is 73.2 Å². The number of ether oxygens (including phenoxy) is 5. The second kappa shape index (κ2) is 51.5. The molecule has 0 rings (SSSR count). The molecule has 0 amide bonds. The molecule has 0 aromatic heterocycles. The summed E-state index contributed by atoms with van der Waals surface area (Å²) < 4.78 is 25.2. The van der Waals surface area contributed by atoms with Crippen LogP contribution >= 0.6 is 105 Å². The van der Waals surface area contributed by atoms with Crippen LogP contribution in [0, 0.1) is 27.1 Å². The molecular weight excluding hydrogens is 1140 g/mol. The van der Waals surface area contributed by atoms with Crippen molar-refractivity contribution in [1.82, 2.24) is 0 Å². The monoisotopic (exact) mass is 1240 g/mol. The molecule has 0 fully saturated rings. The number of hydrogen-bond acceptors (Lipinski definition) is 16. The minimum Gasteiger partial charge on any atom is -0.466 e. The highest BCUT2D eigenvalue weighted by molar-refractivity contribution is 9.09. The van der Waals surface area contributed by atoms with Crippen LogP contribution in [0.5, 0.6) is 0 Å². The van der Waals surface area contributed by atoms with Crippen LogP contribution in [-0.2, 0) is 47.7 Å². The summed E-state index contributed by atoms with van der Waals surface area (Å²) >= 11 is 24.3. The molecule has 0 atom stereocenters. The molecule has 0 bridgehead atoms. The Labute approximate surface area is 476 Å². The van der Waals surface area contributed by atoms with Crippen molar-refractivity contribution in [2.24, 2.45) is 27.1 Å². The lowest BCUT2D eigenvalue weighted by Crippen LogP contribution is -2.26. The van der Waals surface area contributed by atoms with E-state index in [4.69, 9.17) is 23.7 Å². The fraction of sp³-hybridized carbons (Fsp3) is 0.904. The van der Waals surface area contributed by atoms with Crippen molar-refractivity contribution >= 4 is 135 Å². The number of alkyl halides is 2. The first-order valence-electron chi connectivity index (χ1n) is 24.8. The van der Waals surface area contributed by atoms with E-state index in [0.717, 1.165) is 127 Å². The highest BCUT2D eigenvalue weighted by Crippen LogP contribution is 2.29. The van der Waals surface area contributed by atoms with E-state index in [-0.39, 0.29) is 64.3 Å². The Hall–Kier alpha value is 0.410.